The monoisotopic (exact) mass is 512 g/mol. The summed E-state index contributed by atoms with van der Waals surface area (Å²) >= 11 is 0. The predicted molar refractivity (Wildman–Crippen MR) is 116 cm³/mol. The van der Waals surface area contributed by atoms with Crippen molar-refractivity contribution in [2.75, 3.05) is 0 Å². The van der Waals surface area contributed by atoms with Gasteiger partial charge in [0.2, 0.25) is 0 Å². The molecule has 190 valence electrons. The van der Waals surface area contributed by atoms with E-state index in [1.54, 1.807) is 18.2 Å². The van der Waals surface area contributed by atoms with Crippen LogP contribution in [0.15, 0.2) is 90.9 Å². The highest BCUT2D eigenvalue weighted by molar-refractivity contribution is 5.39. The molecule has 0 aliphatic rings. The molecule has 0 amide bonds. The van der Waals surface area contributed by atoms with E-state index in [2.05, 4.69) is 9.47 Å². The first kappa shape index (κ1) is 26.5. The van der Waals surface area contributed by atoms with Crippen LogP contribution < -0.4 is 18.9 Å². The van der Waals surface area contributed by atoms with E-state index >= 15 is 0 Å². The maximum Gasteiger partial charge on any atom is 0.344 e. The lowest BCUT2D eigenvalue weighted by atomic mass is 10.2. The fourth-order valence-corrected chi connectivity index (χ4v) is 2.81. The second kappa shape index (κ2) is 12.5. The summed E-state index contributed by atoms with van der Waals surface area (Å²) in [6.45, 7) is -0.160. The van der Waals surface area contributed by atoms with Crippen molar-refractivity contribution in [3.05, 3.63) is 108 Å². The van der Waals surface area contributed by atoms with Crippen LogP contribution in [0.2, 0.25) is 0 Å². The minimum atomic E-state index is -2.56. The molecule has 0 heterocycles. The first-order valence-corrected chi connectivity index (χ1v) is 10.2. The Balaban J connectivity index is 1.60. The normalized spacial score (nSPS) is 10.4. The van der Waals surface area contributed by atoms with Crippen molar-refractivity contribution in [1.29, 1.82) is 0 Å². The van der Waals surface area contributed by atoms with Crippen molar-refractivity contribution in [1.82, 2.24) is 0 Å². The van der Waals surface area contributed by atoms with Crippen molar-refractivity contribution >= 4 is 0 Å². The van der Waals surface area contributed by atoms with Crippen LogP contribution >= 0.6 is 0 Å². The van der Waals surface area contributed by atoms with Crippen molar-refractivity contribution in [3.8, 4) is 23.0 Å². The Morgan fingerprint density at radius 3 is 1.25 bits per heavy atom. The topological polar surface area (TPSA) is 57.2 Å². The first-order valence-electron chi connectivity index (χ1n) is 10.2. The molecule has 1 N–H and O–H groups in total. The summed E-state index contributed by atoms with van der Waals surface area (Å²) in [6, 6.07) is 12.0. The number of ether oxygens (including phenoxy) is 4. The minimum absolute atomic E-state index is 0.0658. The minimum Gasteiger partial charge on any atom is -0.489 e. The maximum atomic E-state index is 12.9. The van der Waals surface area contributed by atoms with Crippen LogP contribution in [0.5, 0.6) is 23.0 Å². The lowest BCUT2D eigenvalue weighted by Gasteiger charge is -2.12. The molecule has 0 atom stereocenters. The molecule has 5 nitrogen and oxygen atoms in total. The molecule has 0 bridgehead atoms. The van der Waals surface area contributed by atoms with Gasteiger partial charge in [-0.15, -0.1) is 0 Å². The number of halogens is 6. The molecule has 0 aromatic heterocycles. The Labute approximate surface area is 201 Å². The number of rotatable bonds is 11. The molecule has 0 fully saturated rings. The highest BCUT2D eigenvalue weighted by atomic mass is 19.3. The molecule has 0 aliphatic heterocycles. The summed E-state index contributed by atoms with van der Waals surface area (Å²) in [6.07, 6.45) is -5.12. The second-order valence-corrected chi connectivity index (χ2v) is 7.11. The van der Waals surface area contributed by atoms with Crippen LogP contribution in [0, 0.1) is 0 Å². The fraction of sp³-hybridized carbons (Fsp3) is 0.120. The summed E-state index contributed by atoms with van der Waals surface area (Å²) < 4.78 is 94.3. The van der Waals surface area contributed by atoms with Crippen LogP contribution in [0.25, 0.3) is 0 Å². The zero-order valence-electron chi connectivity index (χ0n) is 18.3. The third-order valence-electron chi connectivity index (χ3n) is 4.49. The molecular formula is C25H18F6O5. The summed E-state index contributed by atoms with van der Waals surface area (Å²) in [7, 11) is 0. The van der Waals surface area contributed by atoms with Gasteiger partial charge in [-0.1, -0.05) is 24.3 Å². The molecule has 0 saturated heterocycles. The van der Waals surface area contributed by atoms with Gasteiger partial charge in [0.05, 0.1) is 6.61 Å². The molecule has 3 aromatic rings. The van der Waals surface area contributed by atoms with Crippen LogP contribution in [0.3, 0.4) is 0 Å². The van der Waals surface area contributed by atoms with Crippen LogP contribution in [-0.2, 0) is 19.8 Å². The van der Waals surface area contributed by atoms with Gasteiger partial charge in [0.1, 0.15) is 36.2 Å². The predicted octanol–water partition coefficient (Wildman–Crippen LogP) is 7.16. The summed E-state index contributed by atoms with van der Waals surface area (Å²) in [5, 5.41) is 9.53. The van der Waals surface area contributed by atoms with Gasteiger partial charge in [-0.25, -0.2) is 0 Å². The Hall–Kier alpha value is -4.12. The summed E-state index contributed by atoms with van der Waals surface area (Å²) in [5.41, 5.74) is 1.76. The van der Waals surface area contributed by atoms with Crippen LogP contribution in [0.4, 0.5) is 26.3 Å². The standard InChI is InChI=1S/C25H18F6O5/c26-22(27)24(30)35-18-5-1-15(2-6-18)13-33-20-9-17(12-32)10-21(11-20)34-14-16-3-7-19(8-4-16)36-25(31)23(28)29/h1-11,32H,12-14H2. The van der Waals surface area contributed by atoms with Gasteiger partial charge in [-0.2, -0.15) is 26.3 Å². The molecule has 0 aliphatic carbocycles. The number of hydrogen-bond acceptors (Lipinski definition) is 5. The zero-order chi connectivity index (χ0) is 26.1. The van der Waals surface area contributed by atoms with E-state index in [1.807, 2.05) is 0 Å². The van der Waals surface area contributed by atoms with Crippen molar-refractivity contribution < 1.29 is 50.4 Å². The van der Waals surface area contributed by atoms with Gasteiger partial charge < -0.3 is 24.1 Å². The van der Waals surface area contributed by atoms with E-state index in [0.717, 1.165) is 0 Å². The number of hydrogen-bond donors (Lipinski definition) is 1. The Bertz CT molecular complexity index is 1130. The molecule has 36 heavy (non-hydrogen) atoms. The van der Waals surface area contributed by atoms with Crippen molar-refractivity contribution in [2.45, 2.75) is 19.8 Å². The molecular weight excluding hydrogens is 494 g/mol. The van der Waals surface area contributed by atoms with Crippen molar-refractivity contribution in [3.63, 3.8) is 0 Å². The SMILES string of the molecule is OCc1cc(OCc2ccc(OC(F)=C(F)F)cc2)cc(OCc2ccc(OC(F)=C(F)F)cc2)c1. The molecule has 3 aromatic carbocycles. The molecule has 0 spiro atoms. The second-order valence-electron chi connectivity index (χ2n) is 7.11. The van der Waals surface area contributed by atoms with Gasteiger partial charge in [0, 0.05) is 6.07 Å². The largest absolute Gasteiger partial charge is 0.489 e. The Morgan fingerprint density at radius 2 is 0.917 bits per heavy atom. The van der Waals surface area contributed by atoms with E-state index in [4.69, 9.17) is 9.47 Å². The zero-order valence-corrected chi connectivity index (χ0v) is 18.3. The van der Waals surface area contributed by atoms with E-state index in [-0.39, 0.29) is 31.3 Å². The summed E-state index contributed by atoms with van der Waals surface area (Å²) in [4.78, 5) is 0. The number of aliphatic hydroxyl groups excluding tert-OH is 1. The highest BCUT2D eigenvalue weighted by Crippen LogP contribution is 2.26. The number of benzene rings is 3. The lowest BCUT2D eigenvalue weighted by Crippen LogP contribution is -2.00. The van der Waals surface area contributed by atoms with E-state index in [9.17, 15) is 31.4 Å². The van der Waals surface area contributed by atoms with E-state index < -0.39 is 24.2 Å². The first-order chi connectivity index (χ1) is 17.2. The van der Waals surface area contributed by atoms with E-state index in [0.29, 0.717) is 28.2 Å². The van der Waals surface area contributed by atoms with Gasteiger partial charge in [0.25, 0.3) is 0 Å². The van der Waals surface area contributed by atoms with Crippen molar-refractivity contribution in [2.24, 2.45) is 0 Å². The fourth-order valence-electron chi connectivity index (χ4n) is 2.81. The van der Waals surface area contributed by atoms with E-state index in [1.165, 1.54) is 48.5 Å². The van der Waals surface area contributed by atoms with Crippen LogP contribution in [0.1, 0.15) is 16.7 Å². The van der Waals surface area contributed by atoms with Gasteiger partial charge >= 0.3 is 24.2 Å². The van der Waals surface area contributed by atoms with Gasteiger partial charge in [-0.05, 0) is 53.1 Å². The quantitative estimate of drug-likeness (QED) is 0.218. The lowest BCUT2D eigenvalue weighted by molar-refractivity contribution is 0.241. The molecule has 0 radical (unpaired) electrons. The molecule has 3 rings (SSSR count). The maximum absolute atomic E-state index is 12.9. The van der Waals surface area contributed by atoms with Crippen LogP contribution in [-0.4, -0.2) is 5.11 Å². The molecule has 0 unspecified atom stereocenters. The van der Waals surface area contributed by atoms with Gasteiger partial charge in [0.15, 0.2) is 0 Å². The number of aliphatic hydroxyl groups is 1. The molecule has 11 heteroatoms. The Morgan fingerprint density at radius 1 is 0.528 bits per heavy atom. The molecule has 0 saturated carbocycles. The smallest absolute Gasteiger partial charge is 0.344 e. The highest BCUT2D eigenvalue weighted by Gasteiger charge is 2.10. The third kappa shape index (κ3) is 7.98. The average molecular weight is 512 g/mol. The summed E-state index contributed by atoms with van der Waals surface area (Å²) in [5.74, 6) is 0.504. The third-order valence-corrected chi connectivity index (χ3v) is 4.49. The average Bonchev–Trinajstić information content (AvgIpc) is 2.87. The van der Waals surface area contributed by atoms with Gasteiger partial charge in [-0.3, -0.25) is 0 Å². The Kier molecular flexibility index (Phi) is 9.23.